The van der Waals surface area contributed by atoms with Crippen LogP contribution >= 0.6 is 11.6 Å². The zero-order valence-electron chi connectivity index (χ0n) is 9.58. The lowest BCUT2D eigenvalue weighted by Crippen LogP contribution is -2.32. The number of hydrogen-bond acceptors (Lipinski definition) is 4. The van der Waals surface area contributed by atoms with Crippen LogP contribution in [0.3, 0.4) is 0 Å². The fraction of sp³-hybridized carbons (Fsp3) is 0.0909. The number of carbonyl (C=O) groups excluding carboxylic acids is 1. The molecule has 0 aliphatic carbocycles. The van der Waals surface area contributed by atoms with E-state index in [9.17, 15) is 10.0 Å². The van der Waals surface area contributed by atoms with Crippen LogP contribution in [0.25, 0.3) is 16.7 Å². The minimum Gasteiger partial charge on any atom is -0.594 e. The number of hydrogen-bond donors (Lipinski definition) is 1. The van der Waals surface area contributed by atoms with Crippen LogP contribution in [0.2, 0.25) is 5.02 Å². The molecule has 0 radical (unpaired) electrons. The van der Waals surface area contributed by atoms with Gasteiger partial charge >= 0.3 is 0 Å². The summed E-state index contributed by atoms with van der Waals surface area (Å²) in [6.07, 6.45) is -0.00965. The molecule has 0 saturated heterocycles. The van der Waals surface area contributed by atoms with Crippen LogP contribution in [0, 0.1) is 5.21 Å². The third-order valence-corrected chi connectivity index (χ3v) is 2.90. The van der Waals surface area contributed by atoms with E-state index in [0.717, 1.165) is 0 Å². The first-order valence-electron chi connectivity index (χ1n) is 5.40. The van der Waals surface area contributed by atoms with Gasteiger partial charge in [-0.1, -0.05) is 11.6 Å². The molecule has 0 fully saturated rings. The van der Waals surface area contributed by atoms with Gasteiger partial charge in [0.05, 0.1) is 12.1 Å². The molecule has 96 valence electrons. The Hall–Kier alpha value is -2.41. The van der Waals surface area contributed by atoms with E-state index in [4.69, 9.17) is 17.3 Å². The lowest BCUT2D eigenvalue weighted by Gasteiger charge is -2.01. The average Bonchev–Trinajstić information content (AvgIpc) is 2.70. The van der Waals surface area contributed by atoms with Gasteiger partial charge in [-0.05, 0) is 17.0 Å². The Morgan fingerprint density at radius 2 is 2.26 bits per heavy atom. The monoisotopic (exact) mass is 277 g/mol. The second kappa shape index (κ2) is 4.06. The Morgan fingerprint density at radius 1 is 1.47 bits per heavy atom. The van der Waals surface area contributed by atoms with Gasteiger partial charge in [-0.25, -0.2) is 4.52 Å². The van der Waals surface area contributed by atoms with Crippen molar-refractivity contribution in [3.8, 4) is 0 Å². The van der Waals surface area contributed by atoms with Crippen molar-refractivity contribution >= 4 is 34.2 Å². The highest BCUT2D eigenvalue weighted by Crippen LogP contribution is 2.17. The molecular weight excluding hydrogens is 270 g/mol. The largest absolute Gasteiger partial charge is 0.594 e. The van der Waals surface area contributed by atoms with Crippen LogP contribution in [-0.2, 0) is 11.2 Å². The number of benzene rings is 1. The van der Waals surface area contributed by atoms with E-state index in [0.29, 0.717) is 32.2 Å². The van der Waals surface area contributed by atoms with E-state index >= 15 is 0 Å². The first-order valence-corrected chi connectivity index (χ1v) is 5.78. The summed E-state index contributed by atoms with van der Waals surface area (Å²) < 4.78 is 1.47. The van der Waals surface area contributed by atoms with Crippen molar-refractivity contribution in [2.45, 2.75) is 6.42 Å². The minimum absolute atomic E-state index is 0.00965. The van der Waals surface area contributed by atoms with Gasteiger partial charge in [0.1, 0.15) is 5.52 Å². The highest BCUT2D eigenvalue weighted by molar-refractivity contribution is 6.31. The van der Waals surface area contributed by atoms with Crippen molar-refractivity contribution in [1.29, 1.82) is 0 Å². The summed E-state index contributed by atoms with van der Waals surface area (Å²) in [7, 11) is 0. The molecule has 0 unspecified atom stereocenters. The van der Waals surface area contributed by atoms with Gasteiger partial charge in [-0.15, -0.1) is 0 Å². The number of fused-ring (bicyclic) bond motifs is 3. The third kappa shape index (κ3) is 1.93. The Balaban J connectivity index is 2.34. The van der Waals surface area contributed by atoms with Crippen molar-refractivity contribution in [3.05, 3.63) is 40.2 Å². The van der Waals surface area contributed by atoms with Crippen molar-refractivity contribution in [2.75, 3.05) is 0 Å². The Kier molecular flexibility index (Phi) is 2.49. The van der Waals surface area contributed by atoms with E-state index in [2.05, 4.69) is 10.2 Å². The van der Waals surface area contributed by atoms with Gasteiger partial charge in [0.2, 0.25) is 11.6 Å². The normalized spacial score (nSPS) is 11.2. The zero-order chi connectivity index (χ0) is 13.6. The van der Waals surface area contributed by atoms with Crippen molar-refractivity contribution < 1.29 is 9.64 Å². The first kappa shape index (κ1) is 11.7. The molecule has 2 aromatic heterocycles. The standard InChI is InChI=1S/C11H8ClN5O2/c12-6-1-2-8-9(3-6)16-11(15-17(8)19)5-7(14-16)4-10(13)18/h1-3,5H,4H2,(H2,13,18). The Morgan fingerprint density at radius 3 is 3.00 bits per heavy atom. The van der Waals surface area contributed by atoms with Crippen molar-refractivity contribution in [3.63, 3.8) is 0 Å². The predicted octanol–water partition coefficient (Wildman–Crippen LogP) is 0.197. The number of primary amides is 1. The fourth-order valence-corrected chi connectivity index (χ4v) is 2.07. The smallest absolute Gasteiger partial charge is 0.270 e. The molecule has 0 saturated carbocycles. The fourth-order valence-electron chi connectivity index (χ4n) is 1.91. The summed E-state index contributed by atoms with van der Waals surface area (Å²) in [5.74, 6) is -0.499. The number of nitrogens with two attached hydrogens (primary N) is 1. The third-order valence-electron chi connectivity index (χ3n) is 2.66. The molecule has 0 aliphatic heterocycles. The van der Waals surface area contributed by atoms with Gasteiger partial charge < -0.3 is 10.9 Å². The van der Waals surface area contributed by atoms with Crippen molar-refractivity contribution in [2.24, 2.45) is 5.73 Å². The highest BCUT2D eigenvalue weighted by Gasteiger charge is 2.15. The van der Waals surface area contributed by atoms with Crippen LogP contribution < -0.4 is 10.6 Å². The van der Waals surface area contributed by atoms with Crippen LogP contribution in [0.1, 0.15) is 5.69 Å². The van der Waals surface area contributed by atoms with Gasteiger partial charge in [0, 0.05) is 22.3 Å². The second-order valence-corrected chi connectivity index (χ2v) is 4.49. The first-order chi connectivity index (χ1) is 9.04. The average molecular weight is 278 g/mol. The molecule has 0 spiro atoms. The van der Waals surface area contributed by atoms with E-state index in [1.807, 2.05) is 0 Å². The lowest BCUT2D eigenvalue weighted by molar-refractivity contribution is -0.640. The maximum atomic E-state index is 11.8. The van der Waals surface area contributed by atoms with Gasteiger partial charge in [0.15, 0.2) is 0 Å². The van der Waals surface area contributed by atoms with Crippen molar-refractivity contribution in [1.82, 2.24) is 14.7 Å². The Labute approximate surface area is 111 Å². The molecule has 2 N–H and O–H groups in total. The van der Waals surface area contributed by atoms with Crippen LogP contribution in [-0.4, -0.2) is 20.6 Å². The summed E-state index contributed by atoms with van der Waals surface area (Å²) in [6.45, 7) is 0. The number of halogens is 1. The molecule has 0 aliphatic rings. The van der Waals surface area contributed by atoms with Crippen LogP contribution in [0.15, 0.2) is 24.3 Å². The topological polar surface area (TPSA) is 100 Å². The van der Waals surface area contributed by atoms with Crippen LogP contribution in [0.4, 0.5) is 0 Å². The number of aromatic nitrogens is 4. The molecule has 0 bridgehead atoms. The maximum Gasteiger partial charge on any atom is 0.270 e. The highest BCUT2D eigenvalue weighted by atomic mass is 35.5. The predicted molar refractivity (Wildman–Crippen MR) is 67.4 cm³/mol. The van der Waals surface area contributed by atoms with E-state index < -0.39 is 5.91 Å². The van der Waals surface area contributed by atoms with E-state index in [1.165, 1.54) is 4.52 Å². The van der Waals surface area contributed by atoms with Gasteiger partial charge in [0.25, 0.3) is 5.52 Å². The molecule has 2 heterocycles. The molecule has 3 aromatic rings. The SMILES string of the molecule is NC(=O)Cc1cc2n[n+]([O-])c3ccc(Cl)cc3n2n1. The number of amides is 1. The van der Waals surface area contributed by atoms with E-state index in [1.54, 1.807) is 24.3 Å². The molecule has 7 nitrogen and oxygen atoms in total. The molecule has 1 amide bonds. The summed E-state index contributed by atoms with van der Waals surface area (Å²) in [6, 6.07) is 6.31. The summed E-state index contributed by atoms with van der Waals surface area (Å²) in [5.41, 5.74) is 6.76. The number of rotatable bonds is 2. The maximum absolute atomic E-state index is 11.8. The second-order valence-electron chi connectivity index (χ2n) is 4.05. The zero-order valence-corrected chi connectivity index (χ0v) is 10.3. The molecule has 3 rings (SSSR count). The van der Waals surface area contributed by atoms with E-state index in [-0.39, 0.29) is 6.42 Å². The summed E-state index contributed by atoms with van der Waals surface area (Å²) in [5, 5.41) is 20.3. The summed E-state index contributed by atoms with van der Waals surface area (Å²) in [4.78, 5) is 11.4. The van der Waals surface area contributed by atoms with Gasteiger partial charge in [-0.3, -0.25) is 4.79 Å². The number of nitrogens with zero attached hydrogens (tertiary/aromatic N) is 4. The molecule has 0 atom stereocenters. The van der Waals surface area contributed by atoms with Crippen LogP contribution in [0.5, 0.6) is 0 Å². The van der Waals surface area contributed by atoms with Gasteiger partial charge in [-0.2, -0.15) is 5.10 Å². The quantitative estimate of drug-likeness (QED) is 0.534. The molecule has 1 aromatic carbocycles. The molecule has 8 heteroatoms. The molecular formula is C11H8ClN5O2. The Bertz CT molecular complexity index is 814. The minimum atomic E-state index is -0.499. The molecule has 19 heavy (non-hydrogen) atoms. The summed E-state index contributed by atoms with van der Waals surface area (Å²) >= 11 is 5.92. The lowest BCUT2D eigenvalue weighted by atomic mass is 10.3. The number of carbonyl (C=O) groups is 1.